The van der Waals surface area contributed by atoms with Crippen LogP contribution in [0.4, 0.5) is 0 Å². The first-order valence-corrected chi connectivity index (χ1v) is 8.43. The van der Waals surface area contributed by atoms with Crippen molar-refractivity contribution >= 4 is 41.4 Å². The minimum Gasteiger partial charge on any atom is -0.330 e. The molecule has 11 heteroatoms. The zero-order valence-electron chi connectivity index (χ0n) is 14.5. The van der Waals surface area contributed by atoms with Gasteiger partial charge in [-0.05, 0) is 6.42 Å². The Kier molecular flexibility index (Phi) is 5.16. The van der Waals surface area contributed by atoms with Crippen molar-refractivity contribution in [2.75, 3.05) is 6.54 Å². The first-order valence-electron chi connectivity index (χ1n) is 8.43. The molecule has 1 atom stereocenters. The van der Waals surface area contributed by atoms with E-state index in [0.29, 0.717) is 5.06 Å². The summed E-state index contributed by atoms with van der Waals surface area (Å²) >= 11 is 0. The van der Waals surface area contributed by atoms with Crippen LogP contribution in [0.1, 0.15) is 25.7 Å². The van der Waals surface area contributed by atoms with E-state index in [1.807, 2.05) is 0 Å². The third-order valence-electron chi connectivity index (χ3n) is 4.38. The number of hydrogen-bond donors (Lipinski definition) is 0. The molecule has 3 rings (SSSR count). The van der Waals surface area contributed by atoms with Gasteiger partial charge in [-0.2, -0.15) is 0 Å². The van der Waals surface area contributed by atoms with E-state index in [0.717, 1.165) is 34.1 Å². The average Bonchev–Trinajstić information content (AvgIpc) is 3.26. The lowest BCUT2D eigenvalue weighted by molar-refractivity contribution is -0.197. The number of rotatable bonds is 7. The van der Waals surface area contributed by atoms with Gasteiger partial charge < -0.3 is 4.84 Å². The summed E-state index contributed by atoms with van der Waals surface area (Å²) in [5.41, 5.74) is 0. The highest BCUT2D eigenvalue weighted by Crippen LogP contribution is 2.19. The average molecular weight is 389 g/mol. The van der Waals surface area contributed by atoms with Crippen molar-refractivity contribution in [1.29, 1.82) is 0 Å². The van der Waals surface area contributed by atoms with E-state index in [4.69, 9.17) is 4.84 Å². The molecular formula is C17H15N3O8. The molecule has 11 nitrogen and oxygen atoms in total. The van der Waals surface area contributed by atoms with Gasteiger partial charge in [0.15, 0.2) is 0 Å². The molecule has 3 aliphatic heterocycles. The fraction of sp³-hybridized carbons (Fsp3) is 0.353. The molecule has 0 aromatic carbocycles. The third kappa shape index (κ3) is 3.72. The van der Waals surface area contributed by atoms with Crippen LogP contribution in [0, 0.1) is 0 Å². The molecule has 0 aliphatic carbocycles. The molecule has 0 spiro atoms. The summed E-state index contributed by atoms with van der Waals surface area (Å²) in [6.45, 7) is -0.293. The molecule has 0 aromatic heterocycles. The summed E-state index contributed by atoms with van der Waals surface area (Å²) in [7, 11) is 0. The molecule has 146 valence electrons. The lowest BCUT2D eigenvalue weighted by atomic mass is 10.1. The van der Waals surface area contributed by atoms with E-state index in [1.165, 1.54) is 0 Å². The maximum Gasteiger partial charge on any atom is 0.333 e. The molecule has 28 heavy (non-hydrogen) atoms. The van der Waals surface area contributed by atoms with Crippen molar-refractivity contribution < 1.29 is 38.4 Å². The van der Waals surface area contributed by atoms with Gasteiger partial charge in [0.05, 0.1) is 19.0 Å². The molecule has 0 aromatic rings. The zero-order valence-corrected chi connectivity index (χ0v) is 14.5. The van der Waals surface area contributed by atoms with Crippen LogP contribution in [-0.2, 0) is 38.4 Å². The lowest BCUT2D eigenvalue weighted by Gasteiger charge is -2.29. The molecule has 0 bridgehead atoms. The topological polar surface area (TPSA) is 138 Å². The van der Waals surface area contributed by atoms with Gasteiger partial charge in [0.1, 0.15) is 0 Å². The third-order valence-corrected chi connectivity index (χ3v) is 4.38. The van der Waals surface area contributed by atoms with Crippen molar-refractivity contribution in [2.45, 2.75) is 31.7 Å². The highest BCUT2D eigenvalue weighted by atomic mass is 16.7. The normalized spacial score (nSPS) is 20.2. The number of hydrogen-bond acceptors (Lipinski definition) is 8. The number of imide groups is 3. The van der Waals surface area contributed by atoms with Crippen LogP contribution >= 0.6 is 0 Å². The van der Waals surface area contributed by atoms with Crippen LogP contribution in [-0.4, -0.2) is 68.9 Å². The number of amides is 6. The van der Waals surface area contributed by atoms with Crippen LogP contribution in [0.2, 0.25) is 0 Å². The lowest BCUT2D eigenvalue weighted by Crippen LogP contribution is -2.48. The quantitative estimate of drug-likeness (QED) is 0.484. The van der Waals surface area contributed by atoms with E-state index in [9.17, 15) is 33.6 Å². The van der Waals surface area contributed by atoms with Gasteiger partial charge >= 0.3 is 5.97 Å². The van der Waals surface area contributed by atoms with Crippen molar-refractivity contribution in [2.24, 2.45) is 0 Å². The zero-order chi connectivity index (χ0) is 20.4. The summed E-state index contributed by atoms with van der Waals surface area (Å²) in [6, 6.07) is -0.972. The number of carbonyl (C=O) groups is 7. The minimum absolute atomic E-state index is 0.0522. The van der Waals surface area contributed by atoms with Crippen molar-refractivity contribution in [3.05, 3.63) is 24.3 Å². The Balaban J connectivity index is 1.66. The predicted molar refractivity (Wildman–Crippen MR) is 87.1 cm³/mol. The van der Waals surface area contributed by atoms with Crippen LogP contribution in [0.5, 0.6) is 0 Å². The number of nitrogens with zero attached hydrogens (tertiary/aromatic N) is 3. The Hall–Kier alpha value is -3.63. The minimum atomic E-state index is -0.972. The molecule has 0 saturated carbocycles. The largest absolute Gasteiger partial charge is 0.333 e. The molecule has 0 radical (unpaired) electrons. The first kappa shape index (κ1) is 19.1. The second-order valence-electron chi connectivity index (χ2n) is 6.24. The van der Waals surface area contributed by atoms with Gasteiger partial charge in [-0.15, -0.1) is 5.06 Å². The SMILES string of the molecule is O=C(CCC(CN1C(=O)C=CC1=O)N1C(=O)C=CC1=O)ON1C(=O)CCC1=O. The van der Waals surface area contributed by atoms with Gasteiger partial charge in [-0.1, -0.05) is 0 Å². The Bertz CT molecular complexity index is 806. The summed E-state index contributed by atoms with van der Waals surface area (Å²) in [6.07, 6.45) is 3.61. The number of carbonyl (C=O) groups excluding carboxylic acids is 7. The first-order chi connectivity index (χ1) is 13.3. The molecule has 3 heterocycles. The second-order valence-corrected chi connectivity index (χ2v) is 6.24. The molecule has 1 unspecified atom stereocenters. The summed E-state index contributed by atoms with van der Waals surface area (Å²) in [5, 5.41) is 0.391. The van der Waals surface area contributed by atoms with Crippen LogP contribution in [0.25, 0.3) is 0 Å². The van der Waals surface area contributed by atoms with Gasteiger partial charge in [0.2, 0.25) is 0 Å². The molecule has 1 fully saturated rings. The van der Waals surface area contributed by atoms with E-state index in [1.54, 1.807) is 0 Å². The van der Waals surface area contributed by atoms with E-state index in [-0.39, 0.29) is 32.2 Å². The second kappa shape index (κ2) is 7.55. The Morgan fingerprint density at radius 1 is 0.857 bits per heavy atom. The van der Waals surface area contributed by atoms with E-state index < -0.39 is 47.5 Å². The highest BCUT2D eigenvalue weighted by Gasteiger charge is 2.37. The van der Waals surface area contributed by atoms with Crippen LogP contribution < -0.4 is 0 Å². The molecule has 3 aliphatic rings. The highest BCUT2D eigenvalue weighted by molar-refractivity contribution is 6.14. The van der Waals surface area contributed by atoms with Gasteiger partial charge in [-0.3, -0.25) is 38.6 Å². The summed E-state index contributed by atoms with van der Waals surface area (Å²) in [4.78, 5) is 88.9. The maximum atomic E-state index is 12.0. The van der Waals surface area contributed by atoms with Crippen LogP contribution in [0.3, 0.4) is 0 Å². The summed E-state index contributed by atoms with van der Waals surface area (Å²) in [5.74, 6) is -4.67. The molecule has 6 amide bonds. The van der Waals surface area contributed by atoms with Crippen LogP contribution in [0.15, 0.2) is 24.3 Å². The molecule has 0 N–H and O–H groups in total. The number of hydroxylamine groups is 2. The Labute approximate surface area is 158 Å². The van der Waals surface area contributed by atoms with E-state index >= 15 is 0 Å². The van der Waals surface area contributed by atoms with Crippen molar-refractivity contribution in [1.82, 2.24) is 14.9 Å². The Morgan fingerprint density at radius 3 is 1.89 bits per heavy atom. The van der Waals surface area contributed by atoms with E-state index in [2.05, 4.69) is 0 Å². The fourth-order valence-corrected chi connectivity index (χ4v) is 2.99. The monoisotopic (exact) mass is 389 g/mol. The van der Waals surface area contributed by atoms with Gasteiger partial charge in [0, 0.05) is 37.1 Å². The molecular weight excluding hydrogens is 374 g/mol. The maximum absolute atomic E-state index is 12.0. The standard InChI is InChI=1S/C17H15N3O8/c21-11-2-3-12(22)18(11)9-10(19-13(23)4-5-14(19)24)1-8-17(27)28-20-15(25)6-7-16(20)26/h2-5,10H,1,6-9H2. The summed E-state index contributed by atoms with van der Waals surface area (Å²) < 4.78 is 0. The van der Waals surface area contributed by atoms with Crippen molar-refractivity contribution in [3.8, 4) is 0 Å². The smallest absolute Gasteiger partial charge is 0.330 e. The van der Waals surface area contributed by atoms with Gasteiger partial charge in [-0.25, -0.2) is 4.79 Å². The molecule has 1 saturated heterocycles. The predicted octanol–water partition coefficient (Wildman–Crippen LogP) is -1.41. The fourth-order valence-electron chi connectivity index (χ4n) is 2.99. The van der Waals surface area contributed by atoms with Crippen molar-refractivity contribution in [3.63, 3.8) is 0 Å². The Morgan fingerprint density at radius 2 is 1.36 bits per heavy atom. The van der Waals surface area contributed by atoms with Gasteiger partial charge in [0.25, 0.3) is 35.4 Å².